The summed E-state index contributed by atoms with van der Waals surface area (Å²) in [6, 6.07) is 2.50. The van der Waals surface area contributed by atoms with Crippen LogP contribution in [-0.4, -0.2) is 40.7 Å². The molecule has 12 heteroatoms. The highest BCUT2D eigenvalue weighted by Crippen LogP contribution is 2.31. The molecule has 0 atom stereocenters. The first-order chi connectivity index (χ1) is 11.8. The van der Waals surface area contributed by atoms with E-state index in [2.05, 4.69) is 14.6 Å². The fourth-order valence-electron chi connectivity index (χ4n) is 1.49. The van der Waals surface area contributed by atoms with Gasteiger partial charge >= 0.3 is 17.6 Å². The number of carbonyl (C=O) groups is 2. The van der Waals surface area contributed by atoms with Gasteiger partial charge in [-0.1, -0.05) is 5.16 Å². The summed E-state index contributed by atoms with van der Waals surface area (Å²) in [5.74, 6) is -2.81. The van der Waals surface area contributed by atoms with E-state index in [1.165, 1.54) is 13.8 Å². The molecule has 0 aliphatic heterocycles. The molecule has 0 N–H and O–H groups in total. The summed E-state index contributed by atoms with van der Waals surface area (Å²) in [4.78, 5) is 48.0. The third-order valence-corrected chi connectivity index (χ3v) is 2.52. The molecular weight excluding hydrogens is 342 g/mol. The number of rotatable bonds is 8. The molecule has 0 saturated carbocycles. The zero-order valence-electron chi connectivity index (χ0n) is 13.2. The molecule has 1 aromatic carbocycles. The lowest BCUT2D eigenvalue weighted by atomic mass is 10.2. The van der Waals surface area contributed by atoms with Crippen LogP contribution < -0.4 is 4.84 Å². The first-order valence-corrected chi connectivity index (χ1v) is 6.83. The Labute approximate surface area is 140 Å². The lowest BCUT2D eigenvalue weighted by molar-refractivity contribution is -0.394. The standard InChI is InChI=1S/C13H13N3O9/c1-3-23-12(17)11(13(18)24-4-2)14-25-10-6-5-8(15(19)20)7-9(10)16(21)22/h5-7H,3-4H2,1-2H3. The molecular formula is C13H13N3O9. The Morgan fingerprint density at radius 3 is 2.04 bits per heavy atom. The maximum atomic E-state index is 11.7. The van der Waals surface area contributed by atoms with Gasteiger partial charge in [0, 0.05) is 6.07 Å². The van der Waals surface area contributed by atoms with Crippen LogP contribution in [0.25, 0.3) is 0 Å². The number of carbonyl (C=O) groups excluding carboxylic acids is 2. The molecule has 0 amide bonds. The Morgan fingerprint density at radius 2 is 1.60 bits per heavy atom. The number of nitrogens with zero attached hydrogens (tertiary/aromatic N) is 3. The van der Waals surface area contributed by atoms with Crippen molar-refractivity contribution in [3.05, 3.63) is 38.4 Å². The highest BCUT2D eigenvalue weighted by molar-refractivity contribution is 6.62. The van der Waals surface area contributed by atoms with E-state index in [1.807, 2.05) is 0 Å². The predicted molar refractivity (Wildman–Crippen MR) is 81.1 cm³/mol. The Kier molecular flexibility index (Phi) is 6.94. The number of nitro benzene ring substituents is 2. The summed E-state index contributed by atoms with van der Waals surface area (Å²) in [7, 11) is 0. The Hall–Kier alpha value is -3.57. The van der Waals surface area contributed by atoms with Crippen molar-refractivity contribution < 1.29 is 33.7 Å². The summed E-state index contributed by atoms with van der Waals surface area (Å²) in [5, 5.41) is 24.9. The fourth-order valence-corrected chi connectivity index (χ4v) is 1.49. The largest absolute Gasteiger partial charge is 0.461 e. The van der Waals surface area contributed by atoms with Gasteiger partial charge in [-0.05, 0) is 19.9 Å². The van der Waals surface area contributed by atoms with E-state index in [4.69, 9.17) is 4.84 Å². The van der Waals surface area contributed by atoms with Crippen molar-refractivity contribution >= 4 is 29.0 Å². The second-order valence-corrected chi connectivity index (χ2v) is 4.14. The molecule has 0 aliphatic rings. The summed E-state index contributed by atoms with van der Waals surface area (Å²) in [6.45, 7) is 2.86. The van der Waals surface area contributed by atoms with E-state index in [-0.39, 0.29) is 13.2 Å². The van der Waals surface area contributed by atoms with Gasteiger partial charge in [0.1, 0.15) is 0 Å². The van der Waals surface area contributed by atoms with Crippen molar-refractivity contribution in [3.63, 3.8) is 0 Å². The van der Waals surface area contributed by atoms with Crippen LogP contribution in [0.5, 0.6) is 5.75 Å². The monoisotopic (exact) mass is 355 g/mol. The van der Waals surface area contributed by atoms with E-state index in [0.717, 1.165) is 12.1 Å². The van der Waals surface area contributed by atoms with Crippen LogP contribution in [0.2, 0.25) is 0 Å². The van der Waals surface area contributed by atoms with Crippen LogP contribution in [0.3, 0.4) is 0 Å². The van der Waals surface area contributed by atoms with Gasteiger partial charge in [0.2, 0.25) is 5.75 Å². The van der Waals surface area contributed by atoms with Gasteiger partial charge in [0.05, 0.1) is 29.1 Å². The average molecular weight is 355 g/mol. The molecule has 134 valence electrons. The molecule has 25 heavy (non-hydrogen) atoms. The second-order valence-electron chi connectivity index (χ2n) is 4.14. The van der Waals surface area contributed by atoms with Crippen molar-refractivity contribution in [1.29, 1.82) is 0 Å². The van der Waals surface area contributed by atoms with E-state index in [9.17, 15) is 29.8 Å². The molecule has 0 unspecified atom stereocenters. The quantitative estimate of drug-likeness (QED) is 0.220. The van der Waals surface area contributed by atoms with E-state index >= 15 is 0 Å². The predicted octanol–water partition coefficient (Wildman–Crippen LogP) is 1.36. The van der Waals surface area contributed by atoms with Crippen molar-refractivity contribution in [2.75, 3.05) is 13.2 Å². The number of nitro groups is 2. The Balaban J connectivity index is 3.21. The van der Waals surface area contributed by atoms with E-state index < -0.39 is 44.6 Å². The summed E-state index contributed by atoms with van der Waals surface area (Å²) in [6.07, 6.45) is 0. The highest BCUT2D eigenvalue weighted by atomic mass is 16.7. The SMILES string of the molecule is CCOC(=O)C(=NOc1ccc([N+](=O)[O-])cc1[N+](=O)[O-])C(=O)OCC. The third-order valence-electron chi connectivity index (χ3n) is 2.52. The minimum Gasteiger partial charge on any atom is -0.461 e. The maximum absolute atomic E-state index is 11.7. The van der Waals surface area contributed by atoms with Crippen LogP contribution >= 0.6 is 0 Å². The number of ether oxygens (including phenoxy) is 2. The number of non-ortho nitro benzene ring substituents is 1. The second kappa shape index (κ2) is 8.90. The van der Waals surface area contributed by atoms with Crippen molar-refractivity contribution in [3.8, 4) is 5.75 Å². The lowest BCUT2D eigenvalue weighted by Crippen LogP contribution is -2.29. The number of oxime groups is 1. The lowest BCUT2D eigenvalue weighted by Gasteiger charge is -2.05. The van der Waals surface area contributed by atoms with Crippen molar-refractivity contribution in [2.24, 2.45) is 5.16 Å². The minimum atomic E-state index is -1.15. The van der Waals surface area contributed by atoms with Gasteiger partial charge in [-0.25, -0.2) is 9.59 Å². The van der Waals surface area contributed by atoms with E-state index in [0.29, 0.717) is 6.07 Å². The molecule has 0 spiro atoms. The first kappa shape index (κ1) is 19.5. The van der Waals surface area contributed by atoms with Gasteiger partial charge in [-0.2, -0.15) is 0 Å². The zero-order valence-corrected chi connectivity index (χ0v) is 13.2. The molecule has 1 aromatic rings. The molecule has 0 bridgehead atoms. The third kappa shape index (κ3) is 5.23. The zero-order chi connectivity index (χ0) is 19.0. The van der Waals surface area contributed by atoms with E-state index in [1.54, 1.807) is 0 Å². The highest BCUT2D eigenvalue weighted by Gasteiger charge is 2.26. The molecule has 0 fully saturated rings. The molecule has 12 nitrogen and oxygen atoms in total. The smallest absolute Gasteiger partial charge is 0.368 e. The van der Waals surface area contributed by atoms with Crippen LogP contribution in [0.15, 0.2) is 23.4 Å². The normalized spacial score (nSPS) is 9.68. The molecule has 0 heterocycles. The first-order valence-electron chi connectivity index (χ1n) is 6.83. The molecule has 1 rings (SSSR count). The molecule has 0 aliphatic carbocycles. The summed E-state index contributed by atoms with van der Waals surface area (Å²) >= 11 is 0. The number of esters is 2. The summed E-state index contributed by atoms with van der Waals surface area (Å²) < 4.78 is 9.23. The Bertz CT molecular complexity index is 709. The van der Waals surface area contributed by atoms with Gasteiger partial charge in [0.25, 0.3) is 11.4 Å². The van der Waals surface area contributed by atoms with Gasteiger partial charge in [0.15, 0.2) is 0 Å². The fraction of sp³-hybridized carbons (Fsp3) is 0.308. The molecule has 0 radical (unpaired) electrons. The minimum absolute atomic E-state index is 0.0606. The summed E-state index contributed by atoms with van der Waals surface area (Å²) in [5.41, 5.74) is -2.18. The average Bonchev–Trinajstić information content (AvgIpc) is 2.55. The van der Waals surface area contributed by atoms with Gasteiger partial charge < -0.3 is 14.3 Å². The van der Waals surface area contributed by atoms with Crippen molar-refractivity contribution in [2.45, 2.75) is 13.8 Å². The van der Waals surface area contributed by atoms with Crippen LogP contribution in [-0.2, 0) is 19.1 Å². The maximum Gasteiger partial charge on any atom is 0.368 e. The molecule has 0 aromatic heterocycles. The van der Waals surface area contributed by atoms with Gasteiger partial charge in [-0.15, -0.1) is 0 Å². The Morgan fingerprint density at radius 1 is 1.04 bits per heavy atom. The number of hydrogen-bond acceptors (Lipinski definition) is 10. The van der Waals surface area contributed by atoms with Gasteiger partial charge in [-0.3, -0.25) is 20.2 Å². The number of hydrogen-bond donors (Lipinski definition) is 0. The van der Waals surface area contributed by atoms with Crippen LogP contribution in [0.1, 0.15) is 13.8 Å². The molecule has 0 saturated heterocycles. The van der Waals surface area contributed by atoms with Crippen molar-refractivity contribution in [1.82, 2.24) is 0 Å². The van der Waals surface area contributed by atoms with Crippen LogP contribution in [0, 0.1) is 20.2 Å². The number of benzene rings is 1. The topological polar surface area (TPSA) is 160 Å². The van der Waals surface area contributed by atoms with Crippen LogP contribution in [0.4, 0.5) is 11.4 Å².